The summed E-state index contributed by atoms with van der Waals surface area (Å²) in [7, 11) is 1.87. The van der Waals surface area contributed by atoms with Crippen LogP contribution in [0.3, 0.4) is 0 Å². The van der Waals surface area contributed by atoms with Gasteiger partial charge in [-0.1, -0.05) is 12.1 Å². The Kier molecular flexibility index (Phi) is 7.04. The van der Waals surface area contributed by atoms with Crippen LogP contribution in [0.2, 0.25) is 0 Å². The highest BCUT2D eigenvalue weighted by atomic mass is 19.4. The number of aromatic nitrogens is 2. The van der Waals surface area contributed by atoms with Gasteiger partial charge in [-0.25, -0.2) is 4.98 Å². The van der Waals surface area contributed by atoms with Crippen LogP contribution in [-0.2, 0) is 6.54 Å². The maximum atomic E-state index is 12.3. The van der Waals surface area contributed by atoms with Crippen LogP contribution in [0.15, 0.2) is 47.3 Å². The Balaban J connectivity index is 1.80. The SMILES string of the molecule is CN/C(C)=C(\CN)C1=Cc2ncc(-c3cccc(NC(O)NCC(F)(F)F)c3)n2CC1. The lowest BCUT2D eigenvalue weighted by Gasteiger charge is -2.21. The van der Waals surface area contributed by atoms with Gasteiger partial charge in [-0.15, -0.1) is 0 Å². The molecule has 1 aromatic carbocycles. The second kappa shape index (κ2) is 9.54. The Morgan fingerprint density at radius 2 is 2.13 bits per heavy atom. The zero-order valence-corrected chi connectivity index (χ0v) is 17.4. The lowest BCUT2D eigenvalue weighted by Crippen LogP contribution is -2.41. The summed E-state index contributed by atoms with van der Waals surface area (Å²) in [6.45, 7) is 1.86. The summed E-state index contributed by atoms with van der Waals surface area (Å²) in [6.07, 6.45) is -1.33. The molecule has 31 heavy (non-hydrogen) atoms. The Labute approximate surface area is 178 Å². The standard InChI is InChI=1S/C21H27F3N6O/c1-13(26-2)17(10-25)14-6-7-30-18(11-27-19(30)9-14)15-4-3-5-16(8-15)29-20(31)28-12-21(22,23)24/h3-5,8-9,11,20,26,28-29,31H,6-7,10,12,25H2,1-2H3/b17-13+. The second-order valence-corrected chi connectivity index (χ2v) is 7.25. The van der Waals surface area contributed by atoms with E-state index in [1.54, 1.807) is 24.4 Å². The number of nitrogens with two attached hydrogens (primary N) is 1. The topological polar surface area (TPSA) is 100 Å². The molecule has 3 rings (SSSR count). The van der Waals surface area contributed by atoms with E-state index < -0.39 is 19.1 Å². The molecule has 10 heteroatoms. The van der Waals surface area contributed by atoms with Crippen LogP contribution < -0.4 is 21.7 Å². The van der Waals surface area contributed by atoms with Crippen molar-refractivity contribution in [2.45, 2.75) is 32.4 Å². The third-order valence-corrected chi connectivity index (χ3v) is 5.17. The van der Waals surface area contributed by atoms with Crippen molar-refractivity contribution in [1.29, 1.82) is 0 Å². The van der Waals surface area contributed by atoms with Crippen molar-refractivity contribution in [3.63, 3.8) is 0 Å². The van der Waals surface area contributed by atoms with Gasteiger partial charge in [0, 0.05) is 37.1 Å². The summed E-state index contributed by atoms with van der Waals surface area (Å²) in [5, 5.41) is 17.5. The zero-order valence-electron chi connectivity index (χ0n) is 17.4. The molecule has 0 amide bonds. The number of anilines is 1. The molecule has 6 N–H and O–H groups in total. The molecular formula is C21H27F3N6O. The minimum Gasteiger partial charge on any atom is -0.391 e. The third-order valence-electron chi connectivity index (χ3n) is 5.17. The Hall–Kier alpha value is -2.82. The number of rotatable bonds is 8. The summed E-state index contributed by atoms with van der Waals surface area (Å²) in [6, 6.07) is 7.09. The lowest BCUT2D eigenvalue weighted by atomic mass is 9.98. The van der Waals surface area contributed by atoms with Gasteiger partial charge in [0.25, 0.3) is 0 Å². The van der Waals surface area contributed by atoms with E-state index in [0.717, 1.165) is 46.9 Å². The highest BCUT2D eigenvalue weighted by Crippen LogP contribution is 2.30. The van der Waals surface area contributed by atoms with Crippen molar-refractivity contribution in [1.82, 2.24) is 20.2 Å². The molecule has 168 valence electrons. The number of halogens is 3. The maximum Gasteiger partial charge on any atom is 0.401 e. The van der Waals surface area contributed by atoms with Crippen LogP contribution in [-0.4, -0.2) is 47.3 Å². The van der Waals surface area contributed by atoms with Crippen molar-refractivity contribution in [3.05, 3.63) is 53.1 Å². The predicted octanol–water partition coefficient (Wildman–Crippen LogP) is 2.63. The Morgan fingerprint density at radius 1 is 1.35 bits per heavy atom. The highest BCUT2D eigenvalue weighted by Gasteiger charge is 2.27. The van der Waals surface area contributed by atoms with Gasteiger partial charge in [0.2, 0.25) is 0 Å². The first kappa shape index (κ1) is 22.9. The molecule has 7 nitrogen and oxygen atoms in total. The minimum absolute atomic E-state index is 0.435. The summed E-state index contributed by atoms with van der Waals surface area (Å²) < 4.78 is 39.0. The number of allylic oxidation sites excluding steroid dienone is 1. The molecule has 1 atom stereocenters. The molecular weight excluding hydrogens is 409 g/mol. The van der Waals surface area contributed by atoms with E-state index in [2.05, 4.69) is 20.2 Å². The highest BCUT2D eigenvalue weighted by molar-refractivity contribution is 5.68. The molecule has 1 unspecified atom stereocenters. The third kappa shape index (κ3) is 5.66. The molecule has 0 bridgehead atoms. The summed E-state index contributed by atoms with van der Waals surface area (Å²) in [5.74, 6) is 0.816. The van der Waals surface area contributed by atoms with Crippen molar-refractivity contribution >= 4 is 11.8 Å². The molecule has 1 aromatic heterocycles. The number of fused-ring (bicyclic) bond motifs is 1. The second-order valence-electron chi connectivity index (χ2n) is 7.25. The largest absolute Gasteiger partial charge is 0.401 e. The fourth-order valence-corrected chi connectivity index (χ4v) is 3.53. The molecule has 0 aliphatic carbocycles. The van der Waals surface area contributed by atoms with Gasteiger partial charge < -0.3 is 26.0 Å². The van der Waals surface area contributed by atoms with Crippen LogP contribution in [0.1, 0.15) is 19.2 Å². The van der Waals surface area contributed by atoms with Gasteiger partial charge in [0.15, 0.2) is 6.35 Å². The number of nitrogens with one attached hydrogen (secondary N) is 3. The van der Waals surface area contributed by atoms with E-state index in [0.29, 0.717) is 12.2 Å². The van der Waals surface area contributed by atoms with Crippen molar-refractivity contribution in [3.8, 4) is 11.3 Å². The predicted molar refractivity (Wildman–Crippen MR) is 115 cm³/mol. The maximum absolute atomic E-state index is 12.3. The van der Waals surface area contributed by atoms with E-state index in [9.17, 15) is 18.3 Å². The number of imidazole rings is 1. The van der Waals surface area contributed by atoms with Gasteiger partial charge in [0.05, 0.1) is 18.4 Å². The summed E-state index contributed by atoms with van der Waals surface area (Å²) in [4.78, 5) is 4.53. The summed E-state index contributed by atoms with van der Waals surface area (Å²) >= 11 is 0. The van der Waals surface area contributed by atoms with E-state index in [-0.39, 0.29) is 0 Å². The van der Waals surface area contributed by atoms with Crippen LogP contribution in [0.4, 0.5) is 18.9 Å². The van der Waals surface area contributed by atoms with E-state index in [1.165, 1.54) is 0 Å². The van der Waals surface area contributed by atoms with Crippen molar-refractivity contribution in [2.75, 3.05) is 25.5 Å². The normalized spacial score (nSPS) is 15.6. The van der Waals surface area contributed by atoms with Crippen molar-refractivity contribution < 1.29 is 18.3 Å². The Bertz CT molecular complexity index is 980. The molecule has 2 aromatic rings. The van der Waals surface area contributed by atoms with Crippen molar-refractivity contribution in [2.24, 2.45) is 5.73 Å². The lowest BCUT2D eigenvalue weighted by molar-refractivity contribution is -0.130. The van der Waals surface area contributed by atoms with Gasteiger partial charge in [-0.05, 0) is 42.7 Å². The number of aliphatic hydroxyl groups excluding tert-OH is 1. The van der Waals surface area contributed by atoms with E-state index in [4.69, 9.17) is 5.73 Å². The van der Waals surface area contributed by atoms with Gasteiger partial charge >= 0.3 is 6.18 Å². The summed E-state index contributed by atoms with van der Waals surface area (Å²) in [5.41, 5.74) is 11.4. The first-order valence-corrected chi connectivity index (χ1v) is 9.91. The number of alkyl halides is 3. The molecule has 1 aliphatic heterocycles. The average Bonchev–Trinajstić information content (AvgIpc) is 3.16. The number of aliphatic hydroxyl groups is 1. The monoisotopic (exact) mass is 436 g/mol. The molecule has 0 saturated carbocycles. The molecule has 0 saturated heterocycles. The number of hydrogen-bond donors (Lipinski definition) is 5. The average molecular weight is 436 g/mol. The number of hydrogen-bond acceptors (Lipinski definition) is 6. The molecule has 2 heterocycles. The molecule has 1 aliphatic rings. The number of benzene rings is 1. The fraction of sp³-hybridized carbons (Fsp3) is 0.381. The van der Waals surface area contributed by atoms with Gasteiger partial charge in [-0.3, -0.25) is 5.32 Å². The molecule has 0 radical (unpaired) electrons. The minimum atomic E-state index is -4.40. The van der Waals surface area contributed by atoms with E-state index in [1.807, 2.05) is 31.4 Å². The van der Waals surface area contributed by atoms with Gasteiger partial charge in [-0.2, -0.15) is 13.2 Å². The quantitative estimate of drug-likeness (QED) is 0.408. The van der Waals surface area contributed by atoms with Gasteiger partial charge in [0.1, 0.15) is 5.82 Å². The molecule has 0 spiro atoms. The zero-order chi connectivity index (χ0) is 22.6. The Morgan fingerprint density at radius 3 is 2.81 bits per heavy atom. The number of nitrogens with zero attached hydrogens (tertiary/aromatic N) is 2. The van der Waals surface area contributed by atoms with Crippen LogP contribution in [0.25, 0.3) is 17.3 Å². The van der Waals surface area contributed by atoms with Crippen LogP contribution >= 0.6 is 0 Å². The smallest absolute Gasteiger partial charge is 0.391 e. The fourth-order valence-electron chi connectivity index (χ4n) is 3.53. The molecule has 0 fully saturated rings. The van der Waals surface area contributed by atoms with Crippen LogP contribution in [0.5, 0.6) is 0 Å². The van der Waals surface area contributed by atoms with E-state index >= 15 is 0 Å². The first-order valence-electron chi connectivity index (χ1n) is 9.91. The van der Waals surface area contributed by atoms with Crippen LogP contribution in [0, 0.1) is 0 Å². The first-order chi connectivity index (χ1) is 14.7.